The highest BCUT2D eigenvalue weighted by molar-refractivity contribution is 7.99. The number of aromatic nitrogens is 3. The van der Waals surface area contributed by atoms with Gasteiger partial charge in [0.05, 0.1) is 17.7 Å². The minimum Gasteiger partial charge on any atom is -0.491 e. The van der Waals surface area contributed by atoms with Crippen LogP contribution in [0.25, 0.3) is 11.4 Å². The summed E-state index contributed by atoms with van der Waals surface area (Å²) in [6.07, 6.45) is 1.12. The second-order valence-corrected chi connectivity index (χ2v) is 6.97. The van der Waals surface area contributed by atoms with Crippen LogP contribution in [-0.2, 0) is 6.54 Å². The van der Waals surface area contributed by atoms with Crippen molar-refractivity contribution in [2.45, 2.75) is 17.8 Å². The Bertz CT molecular complexity index is 949. The first-order chi connectivity index (χ1) is 13.7. The van der Waals surface area contributed by atoms with E-state index >= 15 is 0 Å². The Morgan fingerprint density at radius 3 is 2.61 bits per heavy atom. The van der Waals surface area contributed by atoms with Crippen LogP contribution in [0.4, 0.5) is 0 Å². The van der Waals surface area contributed by atoms with Gasteiger partial charge in [0, 0.05) is 17.9 Å². The topological polar surface area (TPSA) is 84.0 Å². The molecule has 142 valence electrons. The number of nitrogens with zero attached hydrogens (tertiary/aromatic N) is 4. The van der Waals surface area contributed by atoms with Gasteiger partial charge in [-0.2, -0.15) is 5.26 Å². The minimum absolute atomic E-state index is 0.153. The SMILES string of the molecule is C=CCn1c(SCC(O)COc2ccc(C#N)cc2)nnc1-c1ccccc1. The third-order valence-corrected chi connectivity index (χ3v) is 5.00. The van der Waals surface area contributed by atoms with E-state index in [0.717, 1.165) is 16.5 Å². The van der Waals surface area contributed by atoms with E-state index in [1.54, 1.807) is 30.3 Å². The summed E-state index contributed by atoms with van der Waals surface area (Å²) in [6, 6.07) is 18.7. The van der Waals surface area contributed by atoms with Gasteiger partial charge in [-0.05, 0) is 24.3 Å². The van der Waals surface area contributed by atoms with Crippen LogP contribution < -0.4 is 4.74 Å². The summed E-state index contributed by atoms with van der Waals surface area (Å²) < 4.78 is 7.55. The van der Waals surface area contributed by atoms with E-state index in [1.807, 2.05) is 34.9 Å². The van der Waals surface area contributed by atoms with Gasteiger partial charge in [0.25, 0.3) is 0 Å². The third kappa shape index (κ3) is 5.00. The van der Waals surface area contributed by atoms with Gasteiger partial charge in [-0.3, -0.25) is 4.57 Å². The maximum Gasteiger partial charge on any atom is 0.191 e. The summed E-state index contributed by atoms with van der Waals surface area (Å²) >= 11 is 1.42. The Kier molecular flexibility index (Phi) is 6.84. The molecule has 6 nitrogen and oxygen atoms in total. The van der Waals surface area contributed by atoms with E-state index in [2.05, 4.69) is 22.8 Å². The molecule has 3 rings (SSSR count). The van der Waals surface area contributed by atoms with Crippen molar-refractivity contribution < 1.29 is 9.84 Å². The maximum absolute atomic E-state index is 10.2. The molecule has 0 saturated carbocycles. The number of nitriles is 1. The van der Waals surface area contributed by atoms with Crippen molar-refractivity contribution in [3.63, 3.8) is 0 Å². The first-order valence-electron chi connectivity index (χ1n) is 8.74. The number of aliphatic hydroxyl groups is 1. The molecular formula is C21H20N4O2S. The van der Waals surface area contributed by atoms with Crippen molar-refractivity contribution in [2.24, 2.45) is 0 Å². The standard InChI is InChI=1S/C21H20N4O2S/c1-2-12-25-20(17-6-4-3-5-7-17)23-24-21(25)28-15-18(26)14-27-19-10-8-16(13-22)9-11-19/h2-11,18,26H,1,12,14-15H2. The average molecular weight is 392 g/mol. The Labute approximate surface area is 168 Å². The molecule has 0 aliphatic carbocycles. The number of thioether (sulfide) groups is 1. The molecule has 28 heavy (non-hydrogen) atoms. The van der Waals surface area contributed by atoms with E-state index in [0.29, 0.717) is 23.6 Å². The lowest BCUT2D eigenvalue weighted by Gasteiger charge is -2.12. The van der Waals surface area contributed by atoms with Crippen molar-refractivity contribution in [1.82, 2.24) is 14.8 Å². The van der Waals surface area contributed by atoms with E-state index in [4.69, 9.17) is 10.00 Å². The molecule has 1 aromatic heterocycles. The van der Waals surface area contributed by atoms with Gasteiger partial charge in [0.2, 0.25) is 0 Å². The van der Waals surface area contributed by atoms with Gasteiger partial charge in [0.15, 0.2) is 11.0 Å². The molecule has 1 heterocycles. The van der Waals surface area contributed by atoms with Gasteiger partial charge in [-0.15, -0.1) is 16.8 Å². The van der Waals surface area contributed by atoms with Crippen LogP contribution in [0.15, 0.2) is 72.4 Å². The fourth-order valence-corrected chi connectivity index (χ4v) is 3.38. The lowest BCUT2D eigenvalue weighted by atomic mass is 10.2. The van der Waals surface area contributed by atoms with Crippen LogP contribution in [0.1, 0.15) is 5.56 Å². The summed E-state index contributed by atoms with van der Waals surface area (Å²) in [5.41, 5.74) is 1.55. The highest BCUT2D eigenvalue weighted by Crippen LogP contribution is 2.24. The van der Waals surface area contributed by atoms with Gasteiger partial charge in [-0.25, -0.2) is 0 Å². The molecule has 1 N–H and O–H groups in total. The van der Waals surface area contributed by atoms with Gasteiger partial charge in [0.1, 0.15) is 12.4 Å². The van der Waals surface area contributed by atoms with E-state index < -0.39 is 6.10 Å². The Balaban J connectivity index is 1.59. The summed E-state index contributed by atoms with van der Waals surface area (Å²) in [4.78, 5) is 0. The Hall–Kier alpha value is -3.08. The van der Waals surface area contributed by atoms with Crippen LogP contribution in [0.5, 0.6) is 5.75 Å². The normalized spacial score (nSPS) is 11.6. The quantitative estimate of drug-likeness (QED) is 0.443. The number of hydrogen-bond acceptors (Lipinski definition) is 6. The van der Waals surface area contributed by atoms with Crippen LogP contribution in [0.2, 0.25) is 0 Å². The van der Waals surface area contributed by atoms with E-state index in [-0.39, 0.29) is 6.61 Å². The lowest BCUT2D eigenvalue weighted by Crippen LogP contribution is -2.20. The molecule has 0 spiro atoms. The number of allylic oxidation sites excluding steroid dienone is 1. The Morgan fingerprint density at radius 2 is 1.93 bits per heavy atom. The molecule has 0 radical (unpaired) electrons. The zero-order chi connectivity index (χ0) is 19.8. The highest BCUT2D eigenvalue weighted by atomic mass is 32.2. The van der Waals surface area contributed by atoms with Crippen LogP contribution in [0, 0.1) is 11.3 Å². The number of aliphatic hydroxyl groups excluding tert-OH is 1. The number of hydrogen-bond donors (Lipinski definition) is 1. The Morgan fingerprint density at radius 1 is 1.18 bits per heavy atom. The molecule has 0 amide bonds. The summed E-state index contributed by atoms with van der Waals surface area (Å²) in [5.74, 6) is 1.80. The summed E-state index contributed by atoms with van der Waals surface area (Å²) in [5, 5.41) is 28.3. The van der Waals surface area contributed by atoms with Crippen molar-refractivity contribution >= 4 is 11.8 Å². The van der Waals surface area contributed by atoms with Gasteiger partial charge < -0.3 is 9.84 Å². The molecule has 0 saturated heterocycles. The molecule has 0 aliphatic heterocycles. The molecule has 1 atom stereocenters. The fraction of sp³-hybridized carbons (Fsp3) is 0.190. The van der Waals surface area contributed by atoms with Crippen molar-refractivity contribution in [3.05, 3.63) is 72.8 Å². The first-order valence-corrected chi connectivity index (χ1v) is 9.73. The van der Waals surface area contributed by atoms with E-state index in [1.165, 1.54) is 11.8 Å². The second-order valence-electron chi connectivity index (χ2n) is 5.98. The molecule has 2 aromatic carbocycles. The molecule has 0 aliphatic rings. The summed E-state index contributed by atoms with van der Waals surface area (Å²) in [7, 11) is 0. The van der Waals surface area contributed by atoms with Gasteiger partial charge in [-0.1, -0.05) is 48.2 Å². The second kappa shape index (κ2) is 9.74. The smallest absolute Gasteiger partial charge is 0.191 e. The molecule has 0 bridgehead atoms. The van der Waals surface area contributed by atoms with Crippen molar-refractivity contribution in [3.8, 4) is 23.2 Å². The predicted octanol–water partition coefficient (Wildman–Crippen LogP) is 3.53. The fourth-order valence-electron chi connectivity index (χ4n) is 2.53. The van der Waals surface area contributed by atoms with Crippen LogP contribution in [-0.4, -0.2) is 38.3 Å². The zero-order valence-electron chi connectivity index (χ0n) is 15.2. The molecular weight excluding hydrogens is 372 g/mol. The van der Waals surface area contributed by atoms with Crippen LogP contribution >= 0.6 is 11.8 Å². The van der Waals surface area contributed by atoms with Gasteiger partial charge >= 0.3 is 0 Å². The number of ether oxygens (including phenoxy) is 1. The maximum atomic E-state index is 10.2. The van der Waals surface area contributed by atoms with Crippen molar-refractivity contribution in [2.75, 3.05) is 12.4 Å². The van der Waals surface area contributed by atoms with Crippen molar-refractivity contribution in [1.29, 1.82) is 5.26 Å². The molecule has 1 unspecified atom stereocenters. The monoisotopic (exact) mass is 392 g/mol. The average Bonchev–Trinajstić information content (AvgIpc) is 3.14. The number of rotatable bonds is 9. The lowest BCUT2D eigenvalue weighted by molar-refractivity contribution is 0.126. The van der Waals surface area contributed by atoms with Crippen LogP contribution in [0.3, 0.4) is 0 Å². The molecule has 7 heteroatoms. The number of benzene rings is 2. The largest absolute Gasteiger partial charge is 0.491 e. The predicted molar refractivity (Wildman–Crippen MR) is 109 cm³/mol. The molecule has 3 aromatic rings. The first kappa shape index (κ1) is 19.7. The zero-order valence-corrected chi connectivity index (χ0v) is 16.0. The highest BCUT2D eigenvalue weighted by Gasteiger charge is 2.15. The minimum atomic E-state index is -0.672. The molecule has 0 fully saturated rings. The summed E-state index contributed by atoms with van der Waals surface area (Å²) in [6.45, 7) is 4.54. The van der Waals surface area contributed by atoms with E-state index in [9.17, 15) is 5.11 Å². The third-order valence-electron chi connectivity index (χ3n) is 3.89.